The van der Waals surface area contributed by atoms with E-state index in [-0.39, 0.29) is 5.97 Å². The number of allylic oxidation sites excluding steroid dienone is 2. The summed E-state index contributed by atoms with van der Waals surface area (Å²) in [6.07, 6.45) is 5.11. The number of para-hydroxylation sites is 1. The van der Waals surface area contributed by atoms with E-state index in [9.17, 15) is 4.79 Å². The first-order chi connectivity index (χ1) is 8.16. The van der Waals surface area contributed by atoms with E-state index in [0.29, 0.717) is 16.4 Å². The molecule has 2 nitrogen and oxygen atoms in total. The summed E-state index contributed by atoms with van der Waals surface area (Å²) >= 11 is 5.90. The Morgan fingerprint density at radius 2 is 2.12 bits per heavy atom. The maximum atomic E-state index is 11.9. The lowest BCUT2D eigenvalue weighted by molar-refractivity contribution is -0.129. The lowest BCUT2D eigenvalue weighted by Gasteiger charge is -2.10. The first kappa shape index (κ1) is 11.9. The van der Waals surface area contributed by atoms with Gasteiger partial charge in [0.15, 0.2) is 0 Å². The fourth-order valence-corrected chi connectivity index (χ4v) is 1.86. The molecule has 0 spiro atoms. The van der Waals surface area contributed by atoms with Crippen molar-refractivity contribution < 1.29 is 9.53 Å². The van der Waals surface area contributed by atoms with Gasteiger partial charge in [-0.2, -0.15) is 0 Å². The molecule has 0 unspecified atom stereocenters. The van der Waals surface area contributed by atoms with Gasteiger partial charge in [-0.3, -0.25) is 0 Å². The molecule has 0 saturated heterocycles. The zero-order valence-electron chi connectivity index (χ0n) is 9.57. The molecular weight excluding hydrogens is 236 g/mol. The van der Waals surface area contributed by atoms with Crippen LogP contribution in [0.15, 0.2) is 47.0 Å². The van der Waals surface area contributed by atoms with Gasteiger partial charge in [-0.25, -0.2) is 4.79 Å². The molecule has 1 aliphatic rings. The lowest BCUT2D eigenvalue weighted by atomic mass is 10.1. The van der Waals surface area contributed by atoms with Crippen LogP contribution in [0.2, 0.25) is 0 Å². The van der Waals surface area contributed by atoms with Crippen LogP contribution < -0.4 is 4.74 Å². The van der Waals surface area contributed by atoms with E-state index >= 15 is 0 Å². The van der Waals surface area contributed by atoms with Gasteiger partial charge < -0.3 is 4.74 Å². The van der Waals surface area contributed by atoms with Crippen molar-refractivity contribution >= 4 is 17.6 Å². The Morgan fingerprint density at radius 3 is 2.82 bits per heavy atom. The molecule has 0 heterocycles. The molecule has 0 amide bonds. The smallest absolute Gasteiger partial charge is 0.343 e. The number of hydrogen-bond acceptors (Lipinski definition) is 2. The molecule has 0 aliphatic heterocycles. The number of hydrogen-bond donors (Lipinski definition) is 0. The van der Waals surface area contributed by atoms with E-state index in [0.717, 1.165) is 18.4 Å². The van der Waals surface area contributed by atoms with Gasteiger partial charge in [0.2, 0.25) is 0 Å². The van der Waals surface area contributed by atoms with Gasteiger partial charge in [-0.05, 0) is 37.5 Å². The van der Waals surface area contributed by atoms with Crippen molar-refractivity contribution in [2.24, 2.45) is 0 Å². The summed E-state index contributed by atoms with van der Waals surface area (Å²) in [5.74, 6) is 0.241. The van der Waals surface area contributed by atoms with E-state index < -0.39 is 0 Å². The van der Waals surface area contributed by atoms with Gasteiger partial charge in [0.25, 0.3) is 0 Å². The summed E-state index contributed by atoms with van der Waals surface area (Å²) in [5.41, 5.74) is 1.47. The van der Waals surface area contributed by atoms with Crippen LogP contribution in [0.3, 0.4) is 0 Å². The Bertz CT molecular complexity index is 501. The molecule has 1 aliphatic carbocycles. The zero-order chi connectivity index (χ0) is 12.3. The molecule has 0 radical (unpaired) electrons. The van der Waals surface area contributed by atoms with Crippen LogP contribution in [0.4, 0.5) is 0 Å². The summed E-state index contributed by atoms with van der Waals surface area (Å²) in [4.78, 5) is 11.9. The number of ether oxygens (including phenoxy) is 1. The second kappa shape index (κ2) is 5.19. The minimum atomic E-state index is -0.350. The first-order valence-corrected chi connectivity index (χ1v) is 5.88. The summed E-state index contributed by atoms with van der Waals surface area (Å²) in [6.45, 7) is 1.90. The van der Waals surface area contributed by atoms with Crippen LogP contribution >= 0.6 is 11.6 Å². The van der Waals surface area contributed by atoms with E-state index in [2.05, 4.69) is 0 Å². The van der Waals surface area contributed by atoms with Gasteiger partial charge >= 0.3 is 5.97 Å². The number of carbonyl (C=O) groups excluding carboxylic acids is 1. The maximum absolute atomic E-state index is 11.9. The lowest BCUT2D eigenvalue weighted by Crippen LogP contribution is -2.12. The molecule has 0 fully saturated rings. The van der Waals surface area contributed by atoms with E-state index in [4.69, 9.17) is 16.3 Å². The fourth-order valence-electron chi connectivity index (χ4n) is 1.64. The standard InChI is InChI=1S/C14H13ClO2/c1-10-5-2-3-8-13(10)17-14(16)11-6-4-7-12(15)9-11/h2-3,5-6,8-9H,4,7H2,1H3. The second-order valence-electron chi connectivity index (χ2n) is 3.94. The van der Waals surface area contributed by atoms with Gasteiger partial charge in [-0.1, -0.05) is 35.9 Å². The monoisotopic (exact) mass is 248 g/mol. The average Bonchev–Trinajstić information content (AvgIpc) is 2.32. The zero-order valence-corrected chi connectivity index (χ0v) is 10.3. The fraction of sp³-hybridized carbons (Fsp3) is 0.214. The predicted octanol–water partition coefficient (Wildman–Crippen LogP) is 3.74. The van der Waals surface area contributed by atoms with Crippen molar-refractivity contribution in [3.05, 3.63) is 52.6 Å². The SMILES string of the molecule is Cc1ccccc1OC(=O)C1=CCCC(Cl)=C1. The predicted molar refractivity (Wildman–Crippen MR) is 68.1 cm³/mol. The third-order valence-electron chi connectivity index (χ3n) is 2.59. The Kier molecular flexibility index (Phi) is 3.64. The quantitative estimate of drug-likeness (QED) is 0.589. The topological polar surface area (TPSA) is 26.3 Å². The molecule has 0 N–H and O–H groups in total. The van der Waals surface area contributed by atoms with Gasteiger partial charge in [-0.15, -0.1) is 0 Å². The molecule has 0 atom stereocenters. The van der Waals surface area contributed by atoms with Gasteiger partial charge in [0, 0.05) is 5.03 Å². The number of benzene rings is 1. The van der Waals surface area contributed by atoms with Crippen molar-refractivity contribution in [3.8, 4) is 5.75 Å². The summed E-state index contributed by atoms with van der Waals surface area (Å²) in [6, 6.07) is 7.43. The van der Waals surface area contributed by atoms with Gasteiger partial charge in [0.1, 0.15) is 5.75 Å². The first-order valence-electron chi connectivity index (χ1n) is 5.51. The molecule has 1 aromatic carbocycles. The largest absolute Gasteiger partial charge is 0.423 e. The van der Waals surface area contributed by atoms with E-state index in [1.165, 1.54) is 0 Å². The van der Waals surface area contributed by atoms with Crippen LogP contribution in [-0.4, -0.2) is 5.97 Å². The van der Waals surface area contributed by atoms with E-state index in [1.54, 1.807) is 12.1 Å². The molecule has 3 heteroatoms. The van der Waals surface area contributed by atoms with Crippen LogP contribution in [-0.2, 0) is 4.79 Å². The molecule has 17 heavy (non-hydrogen) atoms. The van der Waals surface area contributed by atoms with Crippen LogP contribution in [0.25, 0.3) is 0 Å². The normalized spacial score (nSPS) is 14.9. The van der Waals surface area contributed by atoms with Crippen molar-refractivity contribution in [2.75, 3.05) is 0 Å². The Labute approximate surface area is 106 Å². The molecule has 1 aromatic rings. The highest BCUT2D eigenvalue weighted by Gasteiger charge is 2.14. The second-order valence-corrected chi connectivity index (χ2v) is 4.43. The number of esters is 1. The molecule has 88 valence electrons. The van der Waals surface area contributed by atoms with Crippen molar-refractivity contribution in [2.45, 2.75) is 19.8 Å². The third-order valence-corrected chi connectivity index (χ3v) is 2.89. The van der Waals surface area contributed by atoms with Crippen LogP contribution in [0.1, 0.15) is 18.4 Å². The number of halogens is 1. The minimum Gasteiger partial charge on any atom is -0.423 e. The third kappa shape index (κ3) is 2.98. The maximum Gasteiger partial charge on any atom is 0.343 e. The highest BCUT2D eigenvalue weighted by atomic mass is 35.5. The molecule has 0 aromatic heterocycles. The van der Waals surface area contributed by atoms with E-state index in [1.807, 2.05) is 31.2 Å². The Morgan fingerprint density at radius 1 is 1.35 bits per heavy atom. The minimum absolute atomic E-state index is 0.350. The number of aryl methyl sites for hydroxylation is 1. The Balaban J connectivity index is 2.13. The van der Waals surface area contributed by atoms with Crippen molar-refractivity contribution in [3.63, 3.8) is 0 Å². The highest BCUT2D eigenvalue weighted by molar-refractivity contribution is 6.30. The average molecular weight is 249 g/mol. The van der Waals surface area contributed by atoms with Crippen LogP contribution in [0, 0.1) is 6.92 Å². The van der Waals surface area contributed by atoms with Crippen LogP contribution in [0.5, 0.6) is 5.75 Å². The highest BCUT2D eigenvalue weighted by Crippen LogP contribution is 2.23. The van der Waals surface area contributed by atoms with Crippen molar-refractivity contribution in [1.29, 1.82) is 0 Å². The van der Waals surface area contributed by atoms with Gasteiger partial charge in [0.05, 0.1) is 5.57 Å². The number of carbonyl (C=O) groups is 1. The molecule has 2 rings (SSSR count). The summed E-state index contributed by atoms with van der Waals surface area (Å²) in [5, 5.41) is 0.698. The molecule has 0 bridgehead atoms. The van der Waals surface area contributed by atoms with Crippen molar-refractivity contribution in [1.82, 2.24) is 0 Å². The summed E-state index contributed by atoms with van der Waals surface area (Å²) in [7, 11) is 0. The molecular formula is C14H13ClO2. The number of rotatable bonds is 2. The molecule has 0 saturated carbocycles. The summed E-state index contributed by atoms with van der Waals surface area (Å²) < 4.78 is 5.32. The Hall–Kier alpha value is -1.54.